The lowest BCUT2D eigenvalue weighted by Crippen LogP contribution is -2.38. The Hall–Kier alpha value is -1.52. The summed E-state index contributed by atoms with van der Waals surface area (Å²) in [6.45, 7) is 0. The van der Waals surface area contributed by atoms with Crippen molar-refractivity contribution in [1.82, 2.24) is 4.90 Å². The molecular formula is C17H18Cl2N2O2. The molecule has 0 N–H and O–H groups in total. The van der Waals surface area contributed by atoms with E-state index in [4.69, 9.17) is 23.2 Å². The number of imide groups is 1. The lowest BCUT2D eigenvalue weighted by Gasteiger charge is -2.33. The van der Waals surface area contributed by atoms with E-state index in [1.165, 1.54) is 6.42 Å². The standard InChI is InChI=1S/C17H18Cl2N2O2/c1-20(12-7-3-2-4-8-12)15-14(19)16(22)21(17(15)23)13-9-5-6-11(18)10-13/h5-6,9-10,12H,2-4,7-8H2,1H3. The van der Waals surface area contributed by atoms with Gasteiger partial charge in [-0.05, 0) is 31.0 Å². The molecule has 2 amide bonds. The van der Waals surface area contributed by atoms with E-state index in [9.17, 15) is 9.59 Å². The van der Waals surface area contributed by atoms with Crippen LogP contribution in [0.25, 0.3) is 0 Å². The normalized spacial score (nSPS) is 19.7. The minimum absolute atomic E-state index is 0.0111. The average molecular weight is 353 g/mol. The number of hydrogen-bond donors (Lipinski definition) is 0. The molecule has 0 spiro atoms. The van der Waals surface area contributed by atoms with E-state index in [-0.39, 0.29) is 17.0 Å². The average Bonchev–Trinajstić information content (AvgIpc) is 2.77. The first-order chi connectivity index (χ1) is 11.0. The zero-order chi connectivity index (χ0) is 16.6. The molecule has 1 aromatic carbocycles. The first-order valence-electron chi connectivity index (χ1n) is 7.77. The Morgan fingerprint density at radius 2 is 1.78 bits per heavy atom. The van der Waals surface area contributed by atoms with Gasteiger partial charge in [0.1, 0.15) is 10.7 Å². The fourth-order valence-electron chi connectivity index (χ4n) is 3.30. The minimum atomic E-state index is -0.489. The third-order valence-electron chi connectivity index (χ3n) is 4.55. The molecule has 0 aromatic heterocycles. The maximum Gasteiger partial charge on any atom is 0.283 e. The van der Waals surface area contributed by atoms with Gasteiger partial charge in [-0.25, -0.2) is 4.90 Å². The number of halogens is 2. The Morgan fingerprint density at radius 3 is 2.43 bits per heavy atom. The molecule has 122 valence electrons. The Morgan fingerprint density at radius 1 is 1.09 bits per heavy atom. The summed E-state index contributed by atoms with van der Waals surface area (Å²) in [5.41, 5.74) is 0.737. The summed E-state index contributed by atoms with van der Waals surface area (Å²) < 4.78 is 0. The zero-order valence-corrected chi connectivity index (χ0v) is 14.4. The van der Waals surface area contributed by atoms with Gasteiger partial charge in [-0.15, -0.1) is 0 Å². The van der Waals surface area contributed by atoms with Crippen molar-refractivity contribution in [2.45, 2.75) is 38.1 Å². The Bertz CT molecular complexity index is 681. The number of hydrogen-bond acceptors (Lipinski definition) is 3. The van der Waals surface area contributed by atoms with E-state index in [0.717, 1.165) is 30.6 Å². The summed E-state index contributed by atoms with van der Waals surface area (Å²) in [5, 5.41) is 0.455. The highest BCUT2D eigenvalue weighted by Crippen LogP contribution is 2.34. The van der Waals surface area contributed by atoms with Crippen molar-refractivity contribution in [2.24, 2.45) is 0 Å². The molecule has 1 aliphatic carbocycles. The summed E-state index contributed by atoms with van der Waals surface area (Å²) in [4.78, 5) is 28.3. The molecule has 6 heteroatoms. The van der Waals surface area contributed by atoms with Crippen LogP contribution < -0.4 is 4.90 Å². The molecule has 2 aliphatic rings. The van der Waals surface area contributed by atoms with Crippen molar-refractivity contribution < 1.29 is 9.59 Å². The summed E-state index contributed by atoms with van der Waals surface area (Å²) >= 11 is 12.2. The first-order valence-corrected chi connectivity index (χ1v) is 8.53. The van der Waals surface area contributed by atoms with Crippen molar-refractivity contribution in [1.29, 1.82) is 0 Å². The number of nitrogens with zero attached hydrogens (tertiary/aromatic N) is 2. The monoisotopic (exact) mass is 352 g/mol. The maximum absolute atomic E-state index is 12.8. The van der Waals surface area contributed by atoms with Crippen LogP contribution in [-0.4, -0.2) is 29.8 Å². The summed E-state index contributed by atoms with van der Waals surface area (Å²) in [6, 6.07) is 6.92. The Kier molecular flexibility index (Phi) is 4.64. The van der Waals surface area contributed by atoms with E-state index in [1.54, 1.807) is 24.3 Å². The quantitative estimate of drug-likeness (QED) is 0.773. The van der Waals surface area contributed by atoms with Gasteiger partial charge in [0.2, 0.25) is 0 Å². The highest BCUT2D eigenvalue weighted by molar-refractivity contribution is 6.52. The fraction of sp³-hybridized carbons (Fsp3) is 0.412. The predicted octanol–water partition coefficient (Wildman–Crippen LogP) is 3.93. The van der Waals surface area contributed by atoms with Crippen LogP contribution in [-0.2, 0) is 9.59 Å². The zero-order valence-electron chi connectivity index (χ0n) is 12.9. The van der Waals surface area contributed by atoms with Crippen LogP contribution >= 0.6 is 23.2 Å². The second-order valence-corrected chi connectivity index (χ2v) is 6.81. The highest BCUT2D eigenvalue weighted by Gasteiger charge is 2.42. The van der Waals surface area contributed by atoms with Gasteiger partial charge in [0.25, 0.3) is 11.8 Å². The summed E-state index contributed by atoms with van der Waals surface area (Å²) in [5.74, 6) is -0.869. The molecule has 1 aliphatic heterocycles. The van der Waals surface area contributed by atoms with Crippen LogP contribution in [0.4, 0.5) is 5.69 Å². The van der Waals surface area contributed by atoms with Gasteiger partial charge in [-0.3, -0.25) is 9.59 Å². The third kappa shape index (κ3) is 2.98. The summed E-state index contributed by atoms with van der Waals surface area (Å²) in [6.07, 6.45) is 5.53. The van der Waals surface area contributed by atoms with Gasteiger partial charge in [0.05, 0.1) is 5.69 Å². The molecule has 0 saturated heterocycles. The van der Waals surface area contributed by atoms with Crippen molar-refractivity contribution >= 4 is 40.7 Å². The number of amides is 2. The van der Waals surface area contributed by atoms with Crippen LogP contribution in [0.3, 0.4) is 0 Å². The van der Waals surface area contributed by atoms with Gasteiger partial charge in [0.15, 0.2) is 0 Å². The predicted molar refractivity (Wildman–Crippen MR) is 91.5 cm³/mol. The Labute approximate surface area is 145 Å². The van der Waals surface area contributed by atoms with Gasteiger partial charge in [-0.2, -0.15) is 0 Å². The second-order valence-electron chi connectivity index (χ2n) is 5.99. The van der Waals surface area contributed by atoms with Gasteiger partial charge in [0, 0.05) is 18.1 Å². The van der Waals surface area contributed by atoms with Crippen molar-refractivity contribution in [3.05, 3.63) is 40.0 Å². The largest absolute Gasteiger partial charge is 0.366 e. The van der Waals surface area contributed by atoms with Crippen molar-refractivity contribution in [2.75, 3.05) is 11.9 Å². The molecule has 1 saturated carbocycles. The van der Waals surface area contributed by atoms with E-state index in [2.05, 4.69) is 0 Å². The molecule has 1 heterocycles. The first kappa shape index (κ1) is 16.3. The van der Waals surface area contributed by atoms with Crippen molar-refractivity contribution in [3.63, 3.8) is 0 Å². The summed E-state index contributed by atoms with van der Waals surface area (Å²) in [7, 11) is 1.85. The third-order valence-corrected chi connectivity index (χ3v) is 5.12. The van der Waals surface area contributed by atoms with E-state index < -0.39 is 5.91 Å². The molecule has 1 aromatic rings. The molecule has 1 fully saturated rings. The number of benzene rings is 1. The number of likely N-dealkylation sites (N-methyl/N-ethyl adjacent to an activating group) is 1. The lowest BCUT2D eigenvalue weighted by molar-refractivity contribution is -0.121. The van der Waals surface area contributed by atoms with Crippen molar-refractivity contribution in [3.8, 4) is 0 Å². The molecular weight excluding hydrogens is 335 g/mol. The second kappa shape index (κ2) is 6.54. The molecule has 3 rings (SSSR count). The maximum atomic E-state index is 12.8. The lowest BCUT2D eigenvalue weighted by atomic mass is 9.94. The van der Waals surface area contributed by atoms with E-state index in [1.807, 2.05) is 11.9 Å². The number of rotatable bonds is 3. The van der Waals surface area contributed by atoms with Gasteiger partial charge < -0.3 is 4.90 Å². The highest BCUT2D eigenvalue weighted by atomic mass is 35.5. The fourth-order valence-corrected chi connectivity index (χ4v) is 3.78. The van der Waals surface area contributed by atoms with E-state index >= 15 is 0 Å². The number of anilines is 1. The van der Waals surface area contributed by atoms with Gasteiger partial charge >= 0.3 is 0 Å². The van der Waals surface area contributed by atoms with Gasteiger partial charge in [-0.1, -0.05) is 48.5 Å². The van der Waals surface area contributed by atoms with E-state index in [0.29, 0.717) is 16.4 Å². The molecule has 4 nitrogen and oxygen atoms in total. The molecule has 23 heavy (non-hydrogen) atoms. The Balaban J connectivity index is 1.90. The van der Waals surface area contributed by atoms with Crippen LogP contribution in [0, 0.1) is 0 Å². The smallest absolute Gasteiger partial charge is 0.283 e. The molecule has 0 atom stereocenters. The minimum Gasteiger partial charge on any atom is -0.366 e. The number of carbonyl (C=O) groups is 2. The molecule has 0 unspecified atom stereocenters. The van der Waals surface area contributed by atoms with Crippen LogP contribution in [0.15, 0.2) is 35.0 Å². The molecule has 0 radical (unpaired) electrons. The molecule has 0 bridgehead atoms. The number of carbonyl (C=O) groups excluding carboxylic acids is 2. The SMILES string of the molecule is CN(C1=C(Cl)C(=O)N(c2cccc(Cl)c2)C1=O)C1CCCCC1. The van der Waals surface area contributed by atoms with Crippen LogP contribution in [0.5, 0.6) is 0 Å². The topological polar surface area (TPSA) is 40.6 Å². The van der Waals surface area contributed by atoms with Crippen LogP contribution in [0.2, 0.25) is 5.02 Å². The van der Waals surface area contributed by atoms with Crippen LogP contribution in [0.1, 0.15) is 32.1 Å².